The van der Waals surface area contributed by atoms with Gasteiger partial charge in [0, 0.05) is 24.2 Å². The summed E-state index contributed by atoms with van der Waals surface area (Å²) in [5, 5.41) is 13.4. The van der Waals surface area contributed by atoms with E-state index in [2.05, 4.69) is 38.5 Å². The summed E-state index contributed by atoms with van der Waals surface area (Å²) in [4.78, 5) is 8.90. The normalized spacial score (nSPS) is 10.8. The van der Waals surface area contributed by atoms with Gasteiger partial charge in [-0.15, -0.1) is 24.0 Å². The van der Waals surface area contributed by atoms with Gasteiger partial charge in [-0.2, -0.15) is 5.10 Å². The highest BCUT2D eigenvalue weighted by Gasteiger charge is 2.05. The van der Waals surface area contributed by atoms with Crippen LogP contribution in [0.5, 0.6) is 5.75 Å². The fourth-order valence-corrected chi connectivity index (χ4v) is 2.79. The lowest BCUT2D eigenvalue weighted by Gasteiger charge is -2.14. The molecule has 1 heterocycles. The van der Waals surface area contributed by atoms with Gasteiger partial charge in [-0.25, -0.2) is 9.98 Å². The summed E-state index contributed by atoms with van der Waals surface area (Å²) in [7, 11) is 0. The highest BCUT2D eigenvalue weighted by atomic mass is 127. The first-order valence-electron chi connectivity index (χ1n) is 9.58. The third-order valence-corrected chi connectivity index (χ3v) is 4.15. The number of aliphatic imine (C=N–C) groups is 1. The largest absolute Gasteiger partial charge is 0.489 e. The second-order valence-electron chi connectivity index (χ2n) is 6.29. The van der Waals surface area contributed by atoms with Crippen molar-refractivity contribution in [3.63, 3.8) is 0 Å². The van der Waals surface area contributed by atoms with Gasteiger partial charge < -0.3 is 15.4 Å². The molecule has 8 heteroatoms. The number of nitrogens with one attached hydrogen (secondary N) is 3. The molecule has 0 saturated heterocycles. The van der Waals surface area contributed by atoms with E-state index in [1.807, 2.05) is 49.4 Å². The van der Waals surface area contributed by atoms with Crippen molar-refractivity contribution < 1.29 is 4.74 Å². The van der Waals surface area contributed by atoms with E-state index in [-0.39, 0.29) is 24.0 Å². The van der Waals surface area contributed by atoms with Crippen molar-refractivity contribution in [2.24, 2.45) is 4.99 Å². The molecule has 30 heavy (non-hydrogen) atoms. The molecular weight excluding hydrogens is 491 g/mol. The van der Waals surface area contributed by atoms with Gasteiger partial charge in [0.2, 0.25) is 0 Å². The number of hydrogen-bond acceptors (Lipinski definition) is 4. The van der Waals surface area contributed by atoms with E-state index in [0.717, 1.165) is 40.8 Å². The molecule has 2 aromatic carbocycles. The Morgan fingerprint density at radius 1 is 1.20 bits per heavy atom. The number of aromatic amines is 1. The lowest BCUT2D eigenvalue weighted by molar-refractivity contribution is 0.358. The number of rotatable bonds is 9. The molecule has 1 aromatic heterocycles. The summed E-state index contributed by atoms with van der Waals surface area (Å²) in [5.41, 5.74) is 3.14. The van der Waals surface area contributed by atoms with Crippen molar-refractivity contribution in [2.45, 2.75) is 20.0 Å². The van der Waals surface area contributed by atoms with Crippen LogP contribution in [0.25, 0.3) is 11.4 Å². The standard InChI is InChI=1S/C22H26N6O.HI/c1-3-12-29-20-11-6-5-9-19(20)15-25-22(23-4-2)24-14-17-8-7-10-18(13-17)21-26-16-27-28-21;/h3,5-11,13,16H,1,4,12,14-15H2,2H3,(H2,23,24,25)(H,26,27,28);1H. The van der Waals surface area contributed by atoms with E-state index in [9.17, 15) is 0 Å². The van der Waals surface area contributed by atoms with Crippen LogP contribution in [-0.2, 0) is 13.1 Å². The number of ether oxygens (including phenoxy) is 1. The Bertz CT molecular complexity index is 942. The zero-order valence-corrected chi connectivity index (χ0v) is 19.3. The van der Waals surface area contributed by atoms with Crippen molar-refractivity contribution in [3.05, 3.63) is 78.6 Å². The van der Waals surface area contributed by atoms with Gasteiger partial charge in [0.1, 0.15) is 18.7 Å². The third kappa shape index (κ3) is 6.87. The molecule has 0 saturated carbocycles. The van der Waals surface area contributed by atoms with Gasteiger partial charge in [-0.05, 0) is 24.6 Å². The maximum absolute atomic E-state index is 5.72. The molecule has 0 amide bonds. The van der Waals surface area contributed by atoms with E-state index in [1.54, 1.807) is 6.08 Å². The van der Waals surface area contributed by atoms with Crippen LogP contribution in [-0.4, -0.2) is 34.3 Å². The minimum atomic E-state index is 0. The monoisotopic (exact) mass is 518 g/mol. The fraction of sp³-hybridized carbons (Fsp3) is 0.227. The molecule has 0 aliphatic rings. The number of benzene rings is 2. The van der Waals surface area contributed by atoms with Crippen LogP contribution in [0.3, 0.4) is 0 Å². The van der Waals surface area contributed by atoms with Gasteiger partial charge in [0.25, 0.3) is 0 Å². The Morgan fingerprint density at radius 3 is 2.83 bits per heavy atom. The first-order valence-corrected chi connectivity index (χ1v) is 9.58. The number of hydrogen-bond donors (Lipinski definition) is 3. The van der Waals surface area contributed by atoms with E-state index in [0.29, 0.717) is 19.7 Å². The summed E-state index contributed by atoms with van der Waals surface area (Å²) in [6.45, 7) is 8.16. The Labute approximate surface area is 194 Å². The highest BCUT2D eigenvalue weighted by molar-refractivity contribution is 14.0. The molecule has 0 aliphatic carbocycles. The molecule has 0 unspecified atom stereocenters. The molecule has 0 bridgehead atoms. The van der Waals surface area contributed by atoms with Crippen LogP contribution in [0.1, 0.15) is 18.1 Å². The Balaban J connectivity index is 0.00000320. The summed E-state index contributed by atoms with van der Waals surface area (Å²) in [6, 6.07) is 16.1. The van der Waals surface area contributed by atoms with Crippen LogP contribution in [0.2, 0.25) is 0 Å². The second kappa shape index (κ2) is 12.6. The second-order valence-corrected chi connectivity index (χ2v) is 6.29. The van der Waals surface area contributed by atoms with Gasteiger partial charge in [0.05, 0.1) is 6.54 Å². The van der Waals surface area contributed by atoms with E-state index >= 15 is 0 Å². The Morgan fingerprint density at radius 2 is 2.07 bits per heavy atom. The molecule has 3 N–H and O–H groups in total. The van der Waals surface area contributed by atoms with Gasteiger partial charge >= 0.3 is 0 Å². The van der Waals surface area contributed by atoms with Crippen LogP contribution in [0, 0.1) is 0 Å². The van der Waals surface area contributed by atoms with Gasteiger partial charge in [0.15, 0.2) is 11.8 Å². The fourth-order valence-electron chi connectivity index (χ4n) is 2.79. The molecule has 0 atom stereocenters. The predicted molar refractivity (Wildman–Crippen MR) is 131 cm³/mol. The minimum Gasteiger partial charge on any atom is -0.489 e. The smallest absolute Gasteiger partial charge is 0.191 e. The molecule has 158 valence electrons. The molecule has 0 radical (unpaired) electrons. The molecule has 0 fully saturated rings. The highest BCUT2D eigenvalue weighted by Crippen LogP contribution is 2.18. The lowest BCUT2D eigenvalue weighted by atomic mass is 10.1. The number of nitrogens with zero attached hydrogens (tertiary/aromatic N) is 3. The van der Waals surface area contributed by atoms with Crippen molar-refractivity contribution in [1.29, 1.82) is 0 Å². The maximum Gasteiger partial charge on any atom is 0.191 e. The third-order valence-electron chi connectivity index (χ3n) is 4.15. The SMILES string of the molecule is C=CCOc1ccccc1CNC(=NCc1cccc(-c2ncn[nH]2)c1)NCC.I. The summed E-state index contributed by atoms with van der Waals surface area (Å²) < 4.78 is 5.72. The average Bonchev–Trinajstić information content (AvgIpc) is 3.30. The number of aromatic nitrogens is 3. The molecule has 0 spiro atoms. The van der Waals surface area contributed by atoms with Crippen LogP contribution < -0.4 is 15.4 Å². The average molecular weight is 518 g/mol. The summed E-state index contributed by atoms with van der Waals surface area (Å²) >= 11 is 0. The van der Waals surface area contributed by atoms with Crippen LogP contribution >= 0.6 is 24.0 Å². The minimum absolute atomic E-state index is 0. The van der Waals surface area contributed by atoms with Crippen molar-refractivity contribution in [1.82, 2.24) is 25.8 Å². The van der Waals surface area contributed by atoms with Crippen molar-refractivity contribution in [3.8, 4) is 17.1 Å². The van der Waals surface area contributed by atoms with Gasteiger partial charge in [-0.3, -0.25) is 5.10 Å². The topological polar surface area (TPSA) is 87.2 Å². The molecule has 3 rings (SSSR count). The van der Waals surface area contributed by atoms with Crippen LogP contribution in [0.4, 0.5) is 0 Å². The molecule has 7 nitrogen and oxygen atoms in total. The van der Waals surface area contributed by atoms with Crippen LogP contribution in [0.15, 0.2) is 72.5 Å². The number of halogens is 1. The first kappa shape index (κ1) is 23.4. The van der Waals surface area contributed by atoms with E-state index < -0.39 is 0 Å². The molecule has 3 aromatic rings. The first-order chi connectivity index (χ1) is 14.3. The quantitative estimate of drug-likeness (QED) is 0.173. The molecule has 0 aliphatic heterocycles. The maximum atomic E-state index is 5.72. The van der Waals surface area contributed by atoms with Crippen molar-refractivity contribution >= 4 is 29.9 Å². The number of H-pyrrole nitrogens is 1. The van der Waals surface area contributed by atoms with E-state index in [1.165, 1.54) is 6.33 Å². The Kier molecular flexibility index (Phi) is 9.85. The summed E-state index contributed by atoms with van der Waals surface area (Å²) in [5.74, 6) is 2.34. The van der Waals surface area contributed by atoms with E-state index in [4.69, 9.17) is 9.73 Å². The predicted octanol–water partition coefficient (Wildman–Crippen LogP) is 3.91. The number of guanidine groups is 1. The van der Waals surface area contributed by atoms with Gasteiger partial charge in [-0.1, -0.05) is 49.1 Å². The Hall–Kier alpha value is -2.88. The lowest BCUT2D eigenvalue weighted by Crippen LogP contribution is -2.36. The summed E-state index contributed by atoms with van der Waals surface area (Å²) in [6.07, 6.45) is 3.24. The zero-order chi connectivity index (χ0) is 20.3. The number of para-hydroxylation sites is 1. The van der Waals surface area contributed by atoms with Crippen molar-refractivity contribution in [2.75, 3.05) is 13.2 Å². The molecular formula is C22H27IN6O. The zero-order valence-electron chi connectivity index (χ0n) is 17.0.